The van der Waals surface area contributed by atoms with Gasteiger partial charge in [-0.3, -0.25) is 9.59 Å². The van der Waals surface area contributed by atoms with Gasteiger partial charge in [0.15, 0.2) is 12.2 Å². The number of carbonyl (C=O) groups is 2. The highest BCUT2D eigenvalue weighted by atomic mass is 16.6. The number of likely N-dealkylation sites (N-methyl/N-ethyl adjacent to an activating group) is 1. The van der Waals surface area contributed by atoms with Crippen molar-refractivity contribution >= 4 is 11.8 Å². The van der Waals surface area contributed by atoms with E-state index in [1.54, 1.807) is 0 Å². The fraction of sp³-hybridized carbons (Fsp3) is 0.263. The summed E-state index contributed by atoms with van der Waals surface area (Å²) < 4.78 is 5.24. The number of benzene rings is 2. The number of hydrogen-bond acceptors (Lipinski definition) is 3. The van der Waals surface area contributed by atoms with Gasteiger partial charge in [-0.05, 0) is 18.1 Å². The molecule has 1 saturated heterocycles. The van der Waals surface area contributed by atoms with Gasteiger partial charge in [-0.25, -0.2) is 0 Å². The maximum Gasteiger partial charge on any atom is 0.253 e. The highest BCUT2D eigenvalue weighted by molar-refractivity contribution is 5.95. The molecule has 24 heavy (non-hydrogen) atoms. The van der Waals surface area contributed by atoms with Gasteiger partial charge in [-0.2, -0.15) is 0 Å². The van der Waals surface area contributed by atoms with Crippen molar-refractivity contribution in [2.24, 2.45) is 0 Å². The highest BCUT2D eigenvalue weighted by Crippen LogP contribution is 2.26. The molecule has 1 heterocycles. The lowest BCUT2D eigenvalue weighted by Gasteiger charge is -2.19. The van der Waals surface area contributed by atoms with Gasteiger partial charge in [-0.15, -0.1) is 0 Å². The van der Waals surface area contributed by atoms with E-state index in [-0.39, 0.29) is 17.9 Å². The van der Waals surface area contributed by atoms with Crippen molar-refractivity contribution in [3.8, 4) is 0 Å². The Bertz CT molecular complexity index is 664. The lowest BCUT2D eigenvalue weighted by atomic mass is 9.98. The largest absolute Gasteiger partial charge is 0.354 e. The predicted octanol–water partition coefficient (Wildman–Crippen LogP) is 1.80. The van der Waals surface area contributed by atoms with E-state index in [0.717, 1.165) is 11.1 Å². The summed E-state index contributed by atoms with van der Waals surface area (Å²) in [5.41, 5.74) is 1.96. The maximum atomic E-state index is 12.5. The minimum atomic E-state index is -0.716. The van der Waals surface area contributed by atoms with Crippen LogP contribution in [0.5, 0.6) is 0 Å². The fourth-order valence-electron chi connectivity index (χ4n) is 2.66. The van der Waals surface area contributed by atoms with Crippen molar-refractivity contribution in [1.29, 1.82) is 0 Å². The molecule has 1 aliphatic rings. The Hall–Kier alpha value is -2.66. The van der Waals surface area contributed by atoms with Gasteiger partial charge < -0.3 is 15.4 Å². The molecule has 3 rings (SSSR count). The average Bonchev–Trinajstić information content (AvgIpc) is 3.42. The molecule has 2 aromatic rings. The fourth-order valence-corrected chi connectivity index (χ4v) is 2.66. The van der Waals surface area contributed by atoms with Crippen LogP contribution in [0.15, 0.2) is 60.7 Å². The number of rotatable bonds is 6. The summed E-state index contributed by atoms with van der Waals surface area (Å²) in [5.74, 6) is -0.516. The number of amides is 2. The minimum absolute atomic E-state index is 0.242. The van der Waals surface area contributed by atoms with Gasteiger partial charge in [0.25, 0.3) is 11.8 Å². The summed E-state index contributed by atoms with van der Waals surface area (Å²) in [5, 5.41) is 5.66. The quantitative estimate of drug-likeness (QED) is 0.796. The van der Waals surface area contributed by atoms with E-state index in [4.69, 9.17) is 4.74 Å². The van der Waals surface area contributed by atoms with Crippen LogP contribution < -0.4 is 10.6 Å². The second-order valence-electron chi connectivity index (χ2n) is 5.63. The lowest BCUT2D eigenvalue weighted by Crippen LogP contribution is -2.36. The smallest absolute Gasteiger partial charge is 0.253 e. The number of ether oxygens (including phenoxy) is 1. The first-order chi connectivity index (χ1) is 11.7. The molecule has 2 atom stereocenters. The average molecular weight is 324 g/mol. The van der Waals surface area contributed by atoms with Gasteiger partial charge >= 0.3 is 0 Å². The molecule has 1 aliphatic heterocycles. The molecule has 0 radical (unpaired) electrons. The van der Waals surface area contributed by atoms with Crippen molar-refractivity contribution in [1.82, 2.24) is 10.6 Å². The van der Waals surface area contributed by atoms with Crippen molar-refractivity contribution in [2.75, 3.05) is 6.54 Å². The highest BCUT2D eigenvalue weighted by Gasteiger charge is 2.50. The van der Waals surface area contributed by atoms with Gasteiger partial charge in [0.2, 0.25) is 0 Å². The molecule has 2 amide bonds. The zero-order valence-corrected chi connectivity index (χ0v) is 13.4. The summed E-state index contributed by atoms with van der Waals surface area (Å²) >= 11 is 0. The third-order valence-electron chi connectivity index (χ3n) is 3.91. The van der Waals surface area contributed by atoms with Gasteiger partial charge in [0.1, 0.15) is 0 Å². The number of nitrogens with one attached hydrogen (secondary N) is 2. The Labute approximate surface area is 141 Å². The Morgan fingerprint density at radius 2 is 1.42 bits per heavy atom. The first-order valence-electron chi connectivity index (χ1n) is 8.04. The van der Waals surface area contributed by atoms with Crippen molar-refractivity contribution < 1.29 is 14.3 Å². The first-order valence-corrected chi connectivity index (χ1v) is 8.04. The summed E-state index contributed by atoms with van der Waals surface area (Å²) in [4.78, 5) is 24.2. The Kier molecular flexibility index (Phi) is 4.91. The molecule has 1 fully saturated rings. The van der Waals surface area contributed by atoms with Crippen LogP contribution in [0.25, 0.3) is 0 Å². The van der Waals surface area contributed by atoms with Crippen LogP contribution in [0.4, 0.5) is 0 Å². The molecule has 0 unspecified atom stereocenters. The van der Waals surface area contributed by atoms with Gasteiger partial charge in [-0.1, -0.05) is 60.7 Å². The number of epoxide rings is 1. The lowest BCUT2D eigenvalue weighted by molar-refractivity contribution is -0.124. The summed E-state index contributed by atoms with van der Waals surface area (Å²) in [6.07, 6.45) is -1.40. The molecular formula is C19H20N2O3. The Morgan fingerprint density at radius 3 is 1.92 bits per heavy atom. The van der Waals surface area contributed by atoms with Crippen LogP contribution in [0, 0.1) is 0 Å². The Morgan fingerprint density at radius 1 is 0.917 bits per heavy atom. The molecule has 5 heteroatoms. The van der Waals surface area contributed by atoms with Gasteiger partial charge in [0.05, 0.1) is 6.04 Å². The second kappa shape index (κ2) is 7.27. The van der Waals surface area contributed by atoms with Crippen LogP contribution in [0.3, 0.4) is 0 Å². The molecule has 0 saturated carbocycles. The standard InChI is InChI=1S/C19H20N2O3/c1-2-20-18(22)16-17(24-16)19(23)21-15(13-9-5-3-6-10-13)14-11-7-4-8-12-14/h3-12,15-17H,2H2,1H3,(H,20,22)(H,21,23)/t16-,17-/m0/s1. The molecule has 2 aromatic carbocycles. The number of carbonyl (C=O) groups excluding carboxylic acids is 2. The van der Waals surface area contributed by atoms with E-state index in [9.17, 15) is 9.59 Å². The first kappa shape index (κ1) is 16.2. The van der Waals surface area contributed by atoms with Crippen LogP contribution >= 0.6 is 0 Å². The van der Waals surface area contributed by atoms with Crippen LogP contribution in [0.1, 0.15) is 24.1 Å². The molecule has 0 aromatic heterocycles. The van der Waals surface area contributed by atoms with E-state index < -0.39 is 12.2 Å². The van der Waals surface area contributed by atoms with Crippen LogP contribution in [-0.4, -0.2) is 30.6 Å². The molecule has 0 aliphatic carbocycles. The molecule has 5 nitrogen and oxygen atoms in total. The summed E-state index contributed by atoms with van der Waals surface area (Å²) in [6.45, 7) is 2.35. The molecule has 2 N–H and O–H groups in total. The maximum absolute atomic E-state index is 12.5. The van der Waals surface area contributed by atoms with Crippen molar-refractivity contribution in [3.63, 3.8) is 0 Å². The van der Waals surface area contributed by atoms with E-state index in [0.29, 0.717) is 6.54 Å². The molecule has 124 valence electrons. The predicted molar refractivity (Wildman–Crippen MR) is 90.2 cm³/mol. The van der Waals surface area contributed by atoms with E-state index in [1.807, 2.05) is 67.6 Å². The van der Waals surface area contributed by atoms with E-state index in [1.165, 1.54) is 0 Å². The van der Waals surface area contributed by atoms with Gasteiger partial charge in [0, 0.05) is 6.54 Å². The molecule has 0 spiro atoms. The Balaban J connectivity index is 1.74. The van der Waals surface area contributed by atoms with Crippen molar-refractivity contribution in [3.05, 3.63) is 71.8 Å². The monoisotopic (exact) mass is 324 g/mol. The third-order valence-corrected chi connectivity index (χ3v) is 3.91. The van der Waals surface area contributed by atoms with Crippen LogP contribution in [0.2, 0.25) is 0 Å². The topological polar surface area (TPSA) is 70.7 Å². The van der Waals surface area contributed by atoms with E-state index >= 15 is 0 Å². The van der Waals surface area contributed by atoms with Crippen molar-refractivity contribution in [2.45, 2.75) is 25.2 Å². The second-order valence-corrected chi connectivity index (χ2v) is 5.63. The summed E-state index contributed by atoms with van der Waals surface area (Å²) in [7, 11) is 0. The molecule has 0 bridgehead atoms. The third kappa shape index (κ3) is 3.63. The molecular weight excluding hydrogens is 304 g/mol. The zero-order valence-electron chi connectivity index (χ0n) is 13.4. The minimum Gasteiger partial charge on any atom is -0.354 e. The zero-order chi connectivity index (χ0) is 16.9. The normalized spacial score (nSPS) is 18.9. The van der Waals surface area contributed by atoms with Crippen LogP contribution in [-0.2, 0) is 14.3 Å². The summed E-state index contributed by atoms with van der Waals surface area (Å²) in [6, 6.07) is 19.2. The van der Waals surface area contributed by atoms with E-state index in [2.05, 4.69) is 10.6 Å². The SMILES string of the molecule is CCNC(=O)[C@H]1O[C@@H]1C(=O)NC(c1ccccc1)c1ccccc1. The number of hydrogen-bond donors (Lipinski definition) is 2.